The van der Waals surface area contributed by atoms with Gasteiger partial charge < -0.3 is 10.2 Å². The lowest BCUT2D eigenvalue weighted by Gasteiger charge is -2.24. The highest BCUT2D eigenvalue weighted by atomic mass is 35.5. The molecular formula is C26H25ClN2O2S2. The fraction of sp³-hybridized carbons (Fsp3) is 0.231. The number of nitrogens with zero attached hydrogens (tertiary/aromatic N) is 1. The number of thioether (sulfide) groups is 2. The number of hydrogen-bond acceptors (Lipinski definition) is 4. The number of nitrogens with one attached hydrogen (secondary N) is 1. The Labute approximate surface area is 208 Å². The maximum Gasteiger partial charge on any atom is 0.251 e. The lowest BCUT2D eigenvalue weighted by atomic mass is 10.1. The van der Waals surface area contributed by atoms with Crippen molar-refractivity contribution in [1.29, 1.82) is 0 Å². The number of carbonyl (C=O) groups is 2. The van der Waals surface area contributed by atoms with E-state index in [1.807, 2.05) is 83.8 Å². The van der Waals surface area contributed by atoms with E-state index in [0.29, 0.717) is 24.4 Å². The normalized spacial score (nSPS) is 15.6. The molecule has 1 aliphatic heterocycles. The molecule has 3 aromatic carbocycles. The van der Waals surface area contributed by atoms with Crippen LogP contribution < -0.4 is 5.32 Å². The maximum atomic E-state index is 12.5. The Morgan fingerprint density at radius 1 is 1.00 bits per heavy atom. The Kier molecular flexibility index (Phi) is 8.37. The van der Waals surface area contributed by atoms with Gasteiger partial charge >= 0.3 is 0 Å². The van der Waals surface area contributed by atoms with Gasteiger partial charge in [0.05, 0.1) is 5.75 Å². The van der Waals surface area contributed by atoms with E-state index in [2.05, 4.69) is 5.32 Å². The van der Waals surface area contributed by atoms with Crippen LogP contribution in [0.25, 0.3) is 0 Å². The lowest BCUT2D eigenvalue weighted by molar-refractivity contribution is -0.128. The fourth-order valence-corrected chi connectivity index (χ4v) is 5.72. The molecule has 1 heterocycles. The molecule has 4 nitrogen and oxygen atoms in total. The molecule has 33 heavy (non-hydrogen) atoms. The van der Waals surface area contributed by atoms with Gasteiger partial charge in [-0.2, -0.15) is 11.8 Å². The van der Waals surface area contributed by atoms with E-state index < -0.39 is 0 Å². The molecule has 7 heteroatoms. The van der Waals surface area contributed by atoms with Gasteiger partial charge in [0.15, 0.2) is 0 Å². The van der Waals surface area contributed by atoms with Crippen LogP contribution in [0.15, 0.2) is 78.9 Å². The van der Waals surface area contributed by atoms with E-state index >= 15 is 0 Å². The Morgan fingerprint density at radius 3 is 2.45 bits per heavy atom. The third kappa shape index (κ3) is 6.56. The van der Waals surface area contributed by atoms with Gasteiger partial charge in [0.1, 0.15) is 5.37 Å². The van der Waals surface area contributed by atoms with Crippen LogP contribution in [0.3, 0.4) is 0 Å². The average Bonchev–Trinajstić information content (AvgIpc) is 3.20. The molecular weight excluding hydrogens is 472 g/mol. The third-order valence-electron chi connectivity index (χ3n) is 5.34. The molecule has 170 valence electrons. The van der Waals surface area contributed by atoms with Gasteiger partial charge in [0, 0.05) is 35.2 Å². The summed E-state index contributed by atoms with van der Waals surface area (Å²) >= 11 is 9.31. The highest BCUT2D eigenvalue weighted by Crippen LogP contribution is 2.39. The van der Waals surface area contributed by atoms with Gasteiger partial charge in [0.2, 0.25) is 5.91 Å². The van der Waals surface area contributed by atoms with Crippen LogP contribution >= 0.6 is 35.1 Å². The second-order valence-corrected chi connectivity index (χ2v) is 10.3. The van der Waals surface area contributed by atoms with E-state index in [1.165, 1.54) is 5.56 Å². The van der Waals surface area contributed by atoms with Crippen LogP contribution in [0.4, 0.5) is 0 Å². The zero-order valence-corrected chi connectivity index (χ0v) is 20.5. The van der Waals surface area contributed by atoms with Crippen molar-refractivity contribution >= 4 is 46.9 Å². The van der Waals surface area contributed by atoms with Crippen LogP contribution in [0.5, 0.6) is 0 Å². The number of amides is 2. The van der Waals surface area contributed by atoms with Crippen LogP contribution in [0.2, 0.25) is 5.02 Å². The quantitative estimate of drug-likeness (QED) is 0.382. The Morgan fingerprint density at radius 2 is 1.73 bits per heavy atom. The minimum atomic E-state index is -0.0788. The minimum absolute atomic E-state index is 0.0286. The van der Waals surface area contributed by atoms with Gasteiger partial charge in [-0.1, -0.05) is 66.2 Å². The standard InChI is InChI=1S/C26H25ClN2O2S2/c27-23-12-6-20(7-13-23)17-32-15-14-28-25(31)21-8-10-22(11-9-21)26-29(24(30)18-33-26)16-19-4-2-1-3-5-19/h1-13,26H,14-18H2,(H,28,31)/t26-/m0/s1. The summed E-state index contributed by atoms with van der Waals surface area (Å²) in [4.78, 5) is 26.9. The first-order valence-corrected chi connectivity index (χ1v) is 13.3. The molecule has 0 aromatic heterocycles. The van der Waals surface area contributed by atoms with Gasteiger partial charge in [-0.05, 0) is 41.0 Å². The highest BCUT2D eigenvalue weighted by Gasteiger charge is 2.32. The summed E-state index contributed by atoms with van der Waals surface area (Å²) in [7, 11) is 0. The number of benzene rings is 3. The Hall–Kier alpha value is -2.41. The highest BCUT2D eigenvalue weighted by molar-refractivity contribution is 8.00. The van der Waals surface area contributed by atoms with E-state index in [0.717, 1.165) is 27.7 Å². The predicted octanol–water partition coefficient (Wildman–Crippen LogP) is 5.78. The summed E-state index contributed by atoms with van der Waals surface area (Å²) in [5.74, 6) is 2.27. The van der Waals surface area contributed by atoms with Crippen molar-refractivity contribution in [2.75, 3.05) is 18.1 Å². The molecule has 0 aliphatic carbocycles. The largest absolute Gasteiger partial charge is 0.351 e. The Balaban J connectivity index is 1.26. The fourth-order valence-electron chi connectivity index (χ4n) is 3.59. The minimum Gasteiger partial charge on any atom is -0.351 e. The van der Waals surface area contributed by atoms with Crippen LogP contribution in [0.1, 0.15) is 32.4 Å². The van der Waals surface area contributed by atoms with Gasteiger partial charge in [-0.15, -0.1) is 11.8 Å². The summed E-state index contributed by atoms with van der Waals surface area (Å²) in [6, 6.07) is 25.4. The van der Waals surface area contributed by atoms with Gasteiger partial charge in [-0.25, -0.2) is 0 Å². The van der Waals surface area contributed by atoms with Gasteiger partial charge in [-0.3, -0.25) is 9.59 Å². The molecule has 1 atom stereocenters. The molecule has 0 spiro atoms. The van der Waals surface area contributed by atoms with Crippen LogP contribution in [-0.2, 0) is 17.1 Å². The average molecular weight is 497 g/mol. The van der Waals surface area contributed by atoms with E-state index in [-0.39, 0.29) is 17.2 Å². The molecule has 2 amide bonds. The summed E-state index contributed by atoms with van der Waals surface area (Å²) in [5.41, 5.74) is 4.00. The molecule has 0 bridgehead atoms. The molecule has 1 N–H and O–H groups in total. The zero-order valence-electron chi connectivity index (χ0n) is 18.1. The predicted molar refractivity (Wildman–Crippen MR) is 139 cm³/mol. The molecule has 1 aliphatic rings. The first-order chi connectivity index (χ1) is 16.1. The summed E-state index contributed by atoms with van der Waals surface area (Å²) in [6.45, 7) is 1.20. The molecule has 0 unspecified atom stereocenters. The second-order valence-electron chi connectivity index (χ2n) is 7.73. The smallest absolute Gasteiger partial charge is 0.251 e. The van der Waals surface area contributed by atoms with E-state index in [4.69, 9.17) is 11.6 Å². The van der Waals surface area contributed by atoms with Crippen molar-refractivity contribution < 1.29 is 9.59 Å². The van der Waals surface area contributed by atoms with Crippen molar-refractivity contribution in [2.24, 2.45) is 0 Å². The van der Waals surface area contributed by atoms with Crippen molar-refractivity contribution in [3.8, 4) is 0 Å². The van der Waals surface area contributed by atoms with Crippen molar-refractivity contribution in [3.05, 3.63) is 106 Å². The molecule has 0 saturated carbocycles. The van der Waals surface area contributed by atoms with Crippen LogP contribution in [0, 0.1) is 0 Å². The summed E-state index contributed by atoms with van der Waals surface area (Å²) in [5, 5.41) is 3.69. The van der Waals surface area contributed by atoms with Crippen molar-refractivity contribution in [3.63, 3.8) is 0 Å². The van der Waals surface area contributed by atoms with E-state index in [1.54, 1.807) is 23.5 Å². The van der Waals surface area contributed by atoms with Crippen molar-refractivity contribution in [2.45, 2.75) is 17.7 Å². The molecule has 4 rings (SSSR count). The number of halogens is 1. The second kappa shape index (κ2) is 11.6. The van der Waals surface area contributed by atoms with Crippen molar-refractivity contribution in [1.82, 2.24) is 10.2 Å². The van der Waals surface area contributed by atoms with Crippen LogP contribution in [-0.4, -0.2) is 34.8 Å². The third-order valence-corrected chi connectivity index (χ3v) is 7.87. The Bertz CT molecular complexity index is 1080. The first kappa shape index (κ1) is 23.7. The van der Waals surface area contributed by atoms with Gasteiger partial charge in [0.25, 0.3) is 5.91 Å². The molecule has 1 fully saturated rings. The number of carbonyl (C=O) groups excluding carboxylic acids is 2. The SMILES string of the molecule is O=C(NCCSCc1ccc(Cl)cc1)c1ccc([C@@H]2SCC(=O)N2Cc2ccccc2)cc1. The lowest BCUT2D eigenvalue weighted by Crippen LogP contribution is -2.28. The molecule has 1 saturated heterocycles. The summed E-state index contributed by atoms with van der Waals surface area (Å²) in [6.07, 6.45) is 0. The first-order valence-electron chi connectivity index (χ1n) is 10.8. The number of rotatable bonds is 9. The zero-order chi connectivity index (χ0) is 23.0. The molecule has 0 radical (unpaired) electrons. The summed E-state index contributed by atoms with van der Waals surface area (Å²) < 4.78 is 0. The maximum absolute atomic E-state index is 12.5. The number of hydrogen-bond donors (Lipinski definition) is 1. The van der Waals surface area contributed by atoms with E-state index in [9.17, 15) is 9.59 Å². The molecule has 3 aromatic rings. The topological polar surface area (TPSA) is 49.4 Å². The monoisotopic (exact) mass is 496 g/mol.